The van der Waals surface area contributed by atoms with Crippen LogP contribution in [-0.2, 0) is 16.7 Å². The summed E-state index contributed by atoms with van der Waals surface area (Å²) >= 11 is 0. The Kier molecular flexibility index (Phi) is 5.30. The molecule has 136 valence electrons. The van der Waals surface area contributed by atoms with Crippen molar-refractivity contribution in [2.24, 2.45) is 0 Å². The fourth-order valence-electron chi connectivity index (χ4n) is 4.08. The zero-order valence-electron chi connectivity index (χ0n) is 14.8. The van der Waals surface area contributed by atoms with Gasteiger partial charge in [0, 0.05) is 31.0 Å². The summed E-state index contributed by atoms with van der Waals surface area (Å²) in [6, 6.07) is 16.1. The largest absolute Gasteiger partial charge is 0.381 e. The highest BCUT2D eigenvalue weighted by Gasteiger charge is 2.45. The van der Waals surface area contributed by atoms with Crippen LogP contribution >= 0.6 is 17.0 Å². The normalized spacial score (nSPS) is 18.2. The molecule has 1 saturated heterocycles. The van der Waals surface area contributed by atoms with Gasteiger partial charge in [0.2, 0.25) is 0 Å². The summed E-state index contributed by atoms with van der Waals surface area (Å²) in [5.74, 6) is 0.705. The van der Waals surface area contributed by atoms with Gasteiger partial charge in [-0.05, 0) is 55.2 Å². The number of rotatable bonds is 2. The number of nitrogens with zero attached hydrogens (tertiary/aromatic N) is 1. The van der Waals surface area contributed by atoms with Crippen LogP contribution in [0, 0.1) is 5.41 Å². The molecule has 5 heteroatoms. The first-order valence-corrected chi connectivity index (χ1v) is 8.75. The van der Waals surface area contributed by atoms with Crippen LogP contribution < -0.4 is 4.90 Å². The van der Waals surface area contributed by atoms with E-state index >= 15 is 0 Å². The van der Waals surface area contributed by atoms with Crippen molar-refractivity contribution in [3.63, 3.8) is 0 Å². The number of amidine groups is 1. The van der Waals surface area contributed by atoms with Gasteiger partial charge in [0.1, 0.15) is 5.84 Å². The van der Waals surface area contributed by atoms with Gasteiger partial charge in [0.05, 0.1) is 5.41 Å². The molecule has 2 aromatic carbocycles. The Hall–Kier alpha value is -1.98. The molecule has 2 heterocycles. The minimum absolute atomic E-state index is 0. The van der Waals surface area contributed by atoms with E-state index in [0.29, 0.717) is 31.2 Å². The number of ether oxygens (including phenoxy) is 1. The third kappa shape index (κ3) is 2.99. The van der Waals surface area contributed by atoms with Crippen molar-refractivity contribution in [1.29, 1.82) is 5.41 Å². The van der Waals surface area contributed by atoms with E-state index in [4.69, 9.17) is 10.1 Å². The average molecular weight is 415 g/mol. The Morgan fingerprint density at radius 3 is 2.38 bits per heavy atom. The Labute approximate surface area is 164 Å². The Morgan fingerprint density at radius 2 is 1.73 bits per heavy atom. The van der Waals surface area contributed by atoms with Gasteiger partial charge in [-0.1, -0.05) is 24.3 Å². The molecular weight excluding hydrogens is 392 g/mol. The second-order valence-electron chi connectivity index (χ2n) is 6.89. The van der Waals surface area contributed by atoms with Crippen LogP contribution in [0.15, 0.2) is 48.5 Å². The second kappa shape index (κ2) is 7.33. The molecule has 26 heavy (non-hydrogen) atoms. The van der Waals surface area contributed by atoms with Gasteiger partial charge >= 0.3 is 0 Å². The lowest BCUT2D eigenvalue weighted by molar-refractivity contribution is 0.0691. The summed E-state index contributed by atoms with van der Waals surface area (Å²) in [5, 5.41) is 9.00. The SMILES string of the molecule is Br.CC(=O)c1ccc(N2Cc3ccccc3C3(CCOCC3)C2=N)cc1. The van der Waals surface area contributed by atoms with Gasteiger partial charge in [0.15, 0.2) is 5.78 Å². The number of anilines is 1. The Morgan fingerprint density at radius 1 is 1.08 bits per heavy atom. The van der Waals surface area contributed by atoms with Crippen molar-refractivity contribution >= 4 is 34.3 Å². The van der Waals surface area contributed by atoms with Gasteiger partial charge < -0.3 is 9.64 Å². The van der Waals surface area contributed by atoms with Crippen molar-refractivity contribution in [1.82, 2.24) is 0 Å². The molecule has 4 rings (SSSR count). The molecular formula is C21H23BrN2O2. The van der Waals surface area contributed by atoms with Crippen molar-refractivity contribution in [3.05, 3.63) is 65.2 Å². The maximum absolute atomic E-state index is 11.5. The Balaban J connectivity index is 0.00000196. The minimum atomic E-state index is -0.271. The molecule has 1 spiro atoms. The van der Waals surface area contributed by atoms with Crippen molar-refractivity contribution in [2.45, 2.75) is 31.7 Å². The van der Waals surface area contributed by atoms with Crippen LogP contribution in [0.5, 0.6) is 0 Å². The minimum Gasteiger partial charge on any atom is -0.381 e. The van der Waals surface area contributed by atoms with Gasteiger partial charge in [-0.15, -0.1) is 17.0 Å². The molecule has 2 aliphatic rings. The first kappa shape index (κ1) is 18.8. The number of hydrogen-bond acceptors (Lipinski definition) is 3. The van der Waals surface area contributed by atoms with E-state index in [2.05, 4.69) is 29.2 Å². The summed E-state index contributed by atoms with van der Waals surface area (Å²) < 4.78 is 5.59. The fraction of sp³-hybridized carbons (Fsp3) is 0.333. The smallest absolute Gasteiger partial charge is 0.159 e. The standard InChI is InChI=1S/C21H22N2O2.BrH/c1-15(24)16-6-8-18(9-7-16)23-14-17-4-2-3-5-19(17)21(20(23)22)10-12-25-13-11-21;/h2-9,22H,10-14H2,1H3;1H. The van der Waals surface area contributed by atoms with E-state index < -0.39 is 0 Å². The second-order valence-corrected chi connectivity index (χ2v) is 6.89. The lowest BCUT2D eigenvalue weighted by Gasteiger charge is -2.47. The van der Waals surface area contributed by atoms with Crippen molar-refractivity contribution in [3.8, 4) is 0 Å². The molecule has 1 N–H and O–H groups in total. The van der Waals surface area contributed by atoms with Gasteiger partial charge in [-0.2, -0.15) is 0 Å². The molecule has 0 aromatic heterocycles. The number of halogens is 1. The highest BCUT2D eigenvalue weighted by molar-refractivity contribution is 8.93. The van der Waals surface area contributed by atoms with E-state index in [1.54, 1.807) is 6.92 Å². The lowest BCUT2D eigenvalue weighted by atomic mass is 9.69. The number of nitrogens with one attached hydrogen (secondary N) is 1. The van der Waals surface area contributed by atoms with Crippen LogP contribution in [0.1, 0.15) is 41.3 Å². The van der Waals surface area contributed by atoms with E-state index in [1.165, 1.54) is 11.1 Å². The van der Waals surface area contributed by atoms with Crippen LogP contribution in [-0.4, -0.2) is 24.8 Å². The maximum atomic E-state index is 11.5. The highest BCUT2D eigenvalue weighted by atomic mass is 79.9. The third-order valence-corrected chi connectivity index (χ3v) is 5.52. The quantitative estimate of drug-likeness (QED) is 0.735. The van der Waals surface area contributed by atoms with Crippen LogP contribution in [0.3, 0.4) is 0 Å². The molecule has 1 fully saturated rings. The number of benzene rings is 2. The molecule has 2 aliphatic heterocycles. The molecule has 2 aromatic rings. The monoisotopic (exact) mass is 414 g/mol. The number of hydrogen-bond donors (Lipinski definition) is 1. The van der Waals surface area contributed by atoms with Crippen LogP contribution in [0.2, 0.25) is 0 Å². The number of carbonyl (C=O) groups is 1. The summed E-state index contributed by atoms with van der Waals surface area (Å²) in [5.41, 5.74) is 3.95. The van der Waals surface area contributed by atoms with E-state index in [9.17, 15) is 4.79 Å². The lowest BCUT2D eigenvalue weighted by Crippen LogP contribution is -2.53. The van der Waals surface area contributed by atoms with E-state index in [-0.39, 0.29) is 28.2 Å². The molecule has 0 aliphatic carbocycles. The number of ketones is 1. The maximum Gasteiger partial charge on any atom is 0.159 e. The molecule has 0 radical (unpaired) electrons. The molecule has 0 saturated carbocycles. The van der Waals surface area contributed by atoms with Gasteiger partial charge in [0.25, 0.3) is 0 Å². The molecule has 0 amide bonds. The van der Waals surface area contributed by atoms with Crippen LogP contribution in [0.4, 0.5) is 5.69 Å². The zero-order chi connectivity index (χ0) is 17.4. The predicted octanol–water partition coefficient (Wildman–Crippen LogP) is 4.51. The summed E-state index contributed by atoms with van der Waals surface area (Å²) in [7, 11) is 0. The molecule has 0 atom stereocenters. The van der Waals surface area contributed by atoms with Crippen molar-refractivity contribution in [2.75, 3.05) is 18.1 Å². The van der Waals surface area contributed by atoms with Crippen LogP contribution in [0.25, 0.3) is 0 Å². The molecule has 0 unspecified atom stereocenters. The van der Waals surface area contributed by atoms with Gasteiger partial charge in [-0.3, -0.25) is 10.2 Å². The van der Waals surface area contributed by atoms with E-state index in [1.807, 2.05) is 24.3 Å². The number of Topliss-reactive ketones (excluding diaryl/α,β-unsaturated/α-hetero) is 1. The number of carbonyl (C=O) groups excluding carboxylic acids is 1. The highest BCUT2D eigenvalue weighted by Crippen LogP contribution is 2.43. The summed E-state index contributed by atoms with van der Waals surface area (Å²) in [4.78, 5) is 13.6. The average Bonchev–Trinajstić information content (AvgIpc) is 2.66. The first-order valence-electron chi connectivity index (χ1n) is 8.75. The van der Waals surface area contributed by atoms with E-state index in [0.717, 1.165) is 18.5 Å². The summed E-state index contributed by atoms with van der Waals surface area (Å²) in [6.45, 7) is 3.64. The van der Waals surface area contributed by atoms with Gasteiger partial charge in [-0.25, -0.2) is 0 Å². The first-order chi connectivity index (χ1) is 12.1. The topological polar surface area (TPSA) is 53.4 Å². The zero-order valence-corrected chi connectivity index (χ0v) is 16.5. The molecule has 0 bridgehead atoms. The summed E-state index contributed by atoms with van der Waals surface area (Å²) in [6.07, 6.45) is 1.68. The number of fused-ring (bicyclic) bond motifs is 2. The van der Waals surface area contributed by atoms with Crippen molar-refractivity contribution < 1.29 is 9.53 Å². The third-order valence-electron chi connectivity index (χ3n) is 5.52. The Bertz CT molecular complexity index is 826. The predicted molar refractivity (Wildman–Crippen MR) is 109 cm³/mol. The molecule has 4 nitrogen and oxygen atoms in total. The fourth-order valence-corrected chi connectivity index (χ4v) is 4.08.